The molecule has 0 aliphatic heterocycles. The molecule has 0 amide bonds. The first-order chi connectivity index (χ1) is 7.29. The van der Waals surface area contributed by atoms with Crippen molar-refractivity contribution in [3.63, 3.8) is 0 Å². The van der Waals surface area contributed by atoms with Crippen LogP contribution in [0.5, 0.6) is 0 Å². The minimum absolute atomic E-state index is 0.0212. The number of thiophene rings is 1. The van der Waals surface area contributed by atoms with Crippen LogP contribution in [0.3, 0.4) is 0 Å². The normalized spacial score (nSPS) is 12.9. The Bertz CT molecular complexity index is 408. The van der Waals surface area contributed by atoms with E-state index in [1.54, 1.807) is 0 Å². The van der Waals surface area contributed by atoms with Crippen LogP contribution in [0.25, 0.3) is 0 Å². The van der Waals surface area contributed by atoms with Crippen molar-refractivity contribution < 1.29 is 0 Å². The zero-order valence-corrected chi connectivity index (χ0v) is 10.1. The van der Waals surface area contributed by atoms with E-state index in [1.165, 1.54) is 21.3 Å². The average Bonchev–Trinajstić information content (AvgIpc) is 2.87. The summed E-state index contributed by atoms with van der Waals surface area (Å²) in [6.07, 6.45) is 1.95. The molecule has 2 aromatic heterocycles. The van der Waals surface area contributed by atoms with Crippen molar-refractivity contribution in [2.75, 3.05) is 0 Å². The highest BCUT2D eigenvalue weighted by Gasteiger charge is 2.11. The highest BCUT2D eigenvalue weighted by molar-refractivity contribution is 7.12. The van der Waals surface area contributed by atoms with Crippen molar-refractivity contribution in [2.24, 2.45) is 5.73 Å². The van der Waals surface area contributed by atoms with Gasteiger partial charge in [-0.2, -0.15) is 0 Å². The molecule has 0 aliphatic carbocycles. The summed E-state index contributed by atoms with van der Waals surface area (Å²) >= 11 is 3.18. The van der Waals surface area contributed by atoms with Gasteiger partial charge in [-0.05, 0) is 30.1 Å². The van der Waals surface area contributed by atoms with E-state index in [0.29, 0.717) is 0 Å². The Balaban J connectivity index is 2.02. The number of rotatable bonds is 4. The maximum Gasteiger partial charge on any atom is 0.0926 e. The van der Waals surface area contributed by atoms with Gasteiger partial charge < -0.3 is 5.73 Å². The van der Waals surface area contributed by atoms with Crippen molar-refractivity contribution in [1.82, 2.24) is 9.59 Å². The Labute approximate surface area is 97.1 Å². The Hall–Kier alpha value is -0.780. The van der Waals surface area contributed by atoms with E-state index in [9.17, 15) is 0 Å². The van der Waals surface area contributed by atoms with Crippen molar-refractivity contribution in [1.29, 1.82) is 0 Å². The van der Waals surface area contributed by atoms with Crippen LogP contribution in [0.1, 0.15) is 28.4 Å². The van der Waals surface area contributed by atoms with Crippen LogP contribution < -0.4 is 5.73 Å². The van der Waals surface area contributed by atoms with Crippen LogP contribution in [-0.2, 0) is 12.8 Å². The number of hydrogen-bond acceptors (Lipinski definition) is 5. The molecule has 0 saturated heterocycles. The lowest BCUT2D eigenvalue weighted by Gasteiger charge is -2.05. The summed E-state index contributed by atoms with van der Waals surface area (Å²) in [5.74, 6) is 0. The molecule has 0 fully saturated rings. The summed E-state index contributed by atoms with van der Waals surface area (Å²) in [6.45, 7) is 2.17. The first-order valence-corrected chi connectivity index (χ1v) is 6.55. The summed E-state index contributed by atoms with van der Waals surface area (Å²) in [5.41, 5.74) is 6.93. The van der Waals surface area contributed by atoms with Crippen LogP contribution in [0.15, 0.2) is 17.5 Å². The third kappa shape index (κ3) is 2.62. The lowest BCUT2D eigenvalue weighted by Crippen LogP contribution is -2.13. The first kappa shape index (κ1) is 10.7. The summed E-state index contributed by atoms with van der Waals surface area (Å²) in [4.78, 5) is 2.74. The molecule has 2 heterocycles. The molecule has 2 N–H and O–H groups in total. The average molecular weight is 239 g/mol. The highest BCUT2D eigenvalue weighted by atomic mass is 32.1. The van der Waals surface area contributed by atoms with Gasteiger partial charge in [0.25, 0.3) is 0 Å². The topological polar surface area (TPSA) is 51.8 Å². The van der Waals surface area contributed by atoms with Crippen LogP contribution in [0.2, 0.25) is 0 Å². The number of nitrogens with zero attached hydrogens (tertiary/aromatic N) is 2. The standard InChI is InChI=1S/C10H13N3S2/c1-2-7-3-4-8(15-7)5-9(11)10-6-14-13-12-10/h3-4,6,9H,2,5,11H2,1H3. The zero-order chi connectivity index (χ0) is 10.7. The molecule has 0 spiro atoms. The van der Waals surface area contributed by atoms with E-state index in [4.69, 9.17) is 5.73 Å². The maximum absolute atomic E-state index is 6.03. The highest BCUT2D eigenvalue weighted by Crippen LogP contribution is 2.22. The van der Waals surface area contributed by atoms with E-state index < -0.39 is 0 Å². The fourth-order valence-electron chi connectivity index (χ4n) is 1.38. The molecular weight excluding hydrogens is 226 g/mol. The summed E-state index contributed by atoms with van der Waals surface area (Å²) in [5, 5.41) is 5.90. The smallest absolute Gasteiger partial charge is 0.0926 e. The first-order valence-electron chi connectivity index (χ1n) is 4.89. The summed E-state index contributed by atoms with van der Waals surface area (Å²) in [7, 11) is 0. The minimum atomic E-state index is -0.0212. The minimum Gasteiger partial charge on any atom is -0.322 e. The van der Waals surface area contributed by atoms with Gasteiger partial charge in [-0.15, -0.1) is 16.4 Å². The van der Waals surface area contributed by atoms with Crippen molar-refractivity contribution >= 4 is 22.9 Å². The summed E-state index contributed by atoms with van der Waals surface area (Å²) < 4.78 is 3.82. The third-order valence-electron chi connectivity index (χ3n) is 2.24. The van der Waals surface area contributed by atoms with E-state index in [2.05, 4.69) is 28.6 Å². The molecule has 0 aromatic carbocycles. The largest absolute Gasteiger partial charge is 0.322 e. The van der Waals surface area contributed by atoms with Crippen LogP contribution in [0.4, 0.5) is 0 Å². The quantitative estimate of drug-likeness (QED) is 0.891. The van der Waals surface area contributed by atoms with E-state index in [-0.39, 0.29) is 6.04 Å². The SMILES string of the molecule is CCc1ccc(CC(N)c2csnn2)s1. The van der Waals surface area contributed by atoms with Gasteiger partial charge in [0.2, 0.25) is 0 Å². The molecule has 2 aromatic rings. The second kappa shape index (κ2) is 4.83. The molecule has 5 heteroatoms. The fraction of sp³-hybridized carbons (Fsp3) is 0.400. The monoisotopic (exact) mass is 239 g/mol. The van der Waals surface area contributed by atoms with Gasteiger partial charge in [0.1, 0.15) is 0 Å². The molecule has 3 nitrogen and oxygen atoms in total. The molecule has 0 saturated carbocycles. The predicted octanol–water partition coefficient (Wildman–Crippen LogP) is 2.40. The van der Waals surface area contributed by atoms with Gasteiger partial charge in [-0.1, -0.05) is 11.4 Å². The van der Waals surface area contributed by atoms with Crippen LogP contribution in [0, 0.1) is 0 Å². The predicted molar refractivity (Wildman–Crippen MR) is 64.2 cm³/mol. The molecule has 0 bridgehead atoms. The molecule has 1 unspecified atom stereocenters. The third-order valence-corrected chi connectivity index (χ3v) is 4.02. The van der Waals surface area contributed by atoms with E-state index >= 15 is 0 Å². The molecule has 0 aliphatic rings. The van der Waals surface area contributed by atoms with Gasteiger partial charge in [-0.3, -0.25) is 0 Å². The van der Waals surface area contributed by atoms with Gasteiger partial charge in [0, 0.05) is 21.6 Å². The van der Waals surface area contributed by atoms with E-state index in [0.717, 1.165) is 18.5 Å². The van der Waals surface area contributed by atoms with Gasteiger partial charge >= 0.3 is 0 Å². The van der Waals surface area contributed by atoms with Crippen LogP contribution in [-0.4, -0.2) is 9.59 Å². The zero-order valence-electron chi connectivity index (χ0n) is 8.51. The molecule has 2 rings (SSSR count). The second-order valence-electron chi connectivity index (χ2n) is 3.36. The Kier molecular flexibility index (Phi) is 3.45. The molecular formula is C10H13N3S2. The van der Waals surface area contributed by atoms with Crippen LogP contribution >= 0.6 is 22.9 Å². The lowest BCUT2D eigenvalue weighted by atomic mass is 10.1. The number of aryl methyl sites for hydroxylation is 1. The number of aromatic nitrogens is 2. The fourth-order valence-corrected chi connectivity index (χ4v) is 2.91. The van der Waals surface area contributed by atoms with Gasteiger partial charge in [-0.25, -0.2) is 0 Å². The van der Waals surface area contributed by atoms with Gasteiger partial charge in [0.15, 0.2) is 0 Å². The van der Waals surface area contributed by atoms with Crippen molar-refractivity contribution in [3.8, 4) is 0 Å². The molecule has 15 heavy (non-hydrogen) atoms. The molecule has 1 atom stereocenters. The van der Waals surface area contributed by atoms with Crippen molar-refractivity contribution in [2.45, 2.75) is 25.8 Å². The maximum atomic E-state index is 6.03. The molecule has 0 radical (unpaired) electrons. The Morgan fingerprint density at radius 3 is 2.80 bits per heavy atom. The lowest BCUT2D eigenvalue weighted by molar-refractivity contribution is 0.699. The summed E-state index contributed by atoms with van der Waals surface area (Å²) in [6, 6.07) is 4.31. The van der Waals surface area contributed by atoms with Gasteiger partial charge in [0.05, 0.1) is 11.7 Å². The second-order valence-corrected chi connectivity index (χ2v) is 5.22. The number of nitrogens with two attached hydrogens (primary N) is 1. The Morgan fingerprint density at radius 1 is 1.40 bits per heavy atom. The number of hydrogen-bond donors (Lipinski definition) is 1. The van der Waals surface area contributed by atoms with E-state index in [1.807, 2.05) is 16.7 Å². The Morgan fingerprint density at radius 2 is 2.20 bits per heavy atom. The van der Waals surface area contributed by atoms with Crippen molar-refractivity contribution in [3.05, 3.63) is 33.0 Å². The molecule has 80 valence electrons.